The normalized spacial score (nSPS) is 14.8. The molecule has 0 atom stereocenters. The fraction of sp³-hybridized carbons (Fsp3) is 0.412. The van der Waals surface area contributed by atoms with Crippen LogP contribution in [-0.2, 0) is 11.3 Å². The Kier molecular flexibility index (Phi) is 5.37. The first-order valence-electron chi connectivity index (χ1n) is 7.86. The average Bonchev–Trinajstić information content (AvgIpc) is 2.62. The Morgan fingerprint density at radius 2 is 1.79 bits per heavy atom. The average molecular weight is 349 g/mol. The first-order chi connectivity index (χ1) is 11.7. The van der Waals surface area contributed by atoms with E-state index in [2.05, 4.69) is 25.8 Å². The number of rotatable bonds is 5. The number of hydrogen-bond donors (Lipinski definition) is 0. The summed E-state index contributed by atoms with van der Waals surface area (Å²) in [5.41, 5.74) is 1.16. The van der Waals surface area contributed by atoms with Crippen molar-refractivity contribution < 1.29 is 9.47 Å². The van der Waals surface area contributed by atoms with Gasteiger partial charge in [-0.25, -0.2) is 4.98 Å². The Labute approximate surface area is 147 Å². The quantitative estimate of drug-likeness (QED) is 0.828. The fourth-order valence-electron chi connectivity index (χ4n) is 2.79. The van der Waals surface area contributed by atoms with Gasteiger partial charge in [0.25, 0.3) is 0 Å². The van der Waals surface area contributed by atoms with Gasteiger partial charge in [0.2, 0.25) is 5.88 Å². The Morgan fingerprint density at radius 3 is 2.46 bits per heavy atom. The van der Waals surface area contributed by atoms with Gasteiger partial charge in [-0.1, -0.05) is 17.7 Å². The molecule has 1 aromatic carbocycles. The molecule has 0 spiro atoms. The minimum Gasteiger partial charge on any atom is -0.481 e. The standard InChI is InChI=1S/C17H21ClN4O2/c1-23-12-15-19-16(11-17(20-15)24-2)22-8-6-21(7-9-22)14-5-3-4-13(18)10-14/h3-5,10-11H,6-9,12H2,1-2H3. The monoisotopic (exact) mass is 348 g/mol. The van der Waals surface area contributed by atoms with Crippen LogP contribution in [0.5, 0.6) is 5.88 Å². The van der Waals surface area contributed by atoms with Gasteiger partial charge in [0.15, 0.2) is 5.82 Å². The predicted octanol–water partition coefficient (Wildman–Crippen LogP) is 2.61. The Bertz CT molecular complexity index is 690. The maximum absolute atomic E-state index is 6.09. The van der Waals surface area contributed by atoms with Crippen molar-refractivity contribution >= 4 is 23.1 Å². The third kappa shape index (κ3) is 3.88. The molecule has 6 nitrogen and oxygen atoms in total. The summed E-state index contributed by atoms with van der Waals surface area (Å²) in [6.45, 7) is 3.93. The van der Waals surface area contributed by atoms with E-state index in [0.717, 1.165) is 42.7 Å². The summed E-state index contributed by atoms with van der Waals surface area (Å²) in [5, 5.41) is 0.764. The summed E-state index contributed by atoms with van der Waals surface area (Å²) in [4.78, 5) is 13.4. The van der Waals surface area contributed by atoms with E-state index < -0.39 is 0 Å². The molecule has 3 rings (SSSR count). The molecule has 0 unspecified atom stereocenters. The van der Waals surface area contributed by atoms with E-state index in [1.807, 2.05) is 24.3 Å². The lowest BCUT2D eigenvalue weighted by atomic mass is 10.2. The summed E-state index contributed by atoms with van der Waals surface area (Å²) >= 11 is 6.09. The number of nitrogens with zero attached hydrogens (tertiary/aromatic N) is 4. The minimum absolute atomic E-state index is 0.368. The first kappa shape index (κ1) is 16.8. The zero-order chi connectivity index (χ0) is 16.9. The Hall–Kier alpha value is -2.05. The molecule has 1 fully saturated rings. The van der Waals surface area contributed by atoms with Gasteiger partial charge in [-0.05, 0) is 18.2 Å². The van der Waals surface area contributed by atoms with Crippen LogP contribution in [0.15, 0.2) is 30.3 Å². The minimum atomic E-state index is 0.368. The summed E-state index contributed by atoms with van der Waals surface area (Å²) in [6, 6.07) is 9.84. The van der Waals surface area contributed by atoms with Crippen molar-refractivity contribution in [1.82, 2.24) is 9.97 Å². The molecule has 0 N–H and O–H groups in total. The molecular weight excluding hydrogens is 328 g/mol. The number of piperazine rings is 1. The zero-order valence-electron chi connectivity index (χ0n) is 13.9. The summed E-state index contributed by atoms with van der Waals surface area (Å²) in [7, 11) is 3.24. The summed E-state index contributed by atoms with van der Waals surface area (Å²) in [5.74, 6) is 2.06. The van der Waals surface area contributed by atoms with Crippen molar-refractivity contribution in [3.05, 3.63) is 41.2 Å². The van der Waals surface area contributed by atoms with Gasteiger partial charge in [-0.15, -0.1) is 0 Å². The van der Waals surface area contributed by atoms with Crippen LogP contribution < -0.4 is 14.5 Å². The van der Waals surface area contributed by atoms with E-state index in [9.17, 15) is 0 Å². The lowest BCUT2D eigenvalue weighted by Gasteiger charge is -2.36. The third-order valence-corrected chi connectivity index (χ3v) is 4.23. The van der Waals surface area contributed by atoms with Crippen molar-refractivity contribution in [3.8, 4) is 5.88 Å². The highest BCUT2D eigenvalue weighted by Gasteiger charge is 2.20. The van der Waals surface area contributed by atoms with E-state index in [0.29, 0.717) is 18.3 Å². The largest absolute Gasteiger partial charge is 0.481 e. The number of methoxy groups -OCH3 is 2. The van der Waals surface area contributed by atoms with Gasteiger partial charge in [0, 0.05) is 50.1 Å². The number of aromatic nitrogens is 2. The molecule has 1 aromatic heterocycles. The smallest absolute Gasteiger partial charge is 0.218 e. The molecule has 2 heterocycles. The third-order valence-electron chi connectivity index (χ3n) is 4.00. The van der Waals surface area contributed by atoms with Gasteiger partial charge in [-0.3, -0.25) is 0 Å². The lowest BCUT2D eigenvalue weighted by Crippen LogP contribution is -2.47. The molecular formula is C17H21ClN4O2. The van der Waals surface area contributed by atoms with E-state index in [1.165, 1.54) is 0 Å². The highest BCUT2D eigenvalue weighted by molar-refractivity contribution is 6.30. The highest BCUT2D eigenvalue weighted by Crippen LogP contribution is 2.23. The molecule has 24 heavy (non-hydrogen) atoms. The molecule has 1 aliphatic rings. The Morgan fingerprint density at radius 1 is 1.04 bits per heavy atom. The van der Waals surface area contributed by atoms with Crippen molar-refractivity contribution in [3.63, 3.8) is 0 Å². The first-order valence-corrected chi connectivity index (χ1v) is 8.24. The predicted molar refractivity (Wildman–Crippen MR) is 95.2 cm³/mol. The highest BCUT2D eigenvalue weighted by atomic mass is 35.5. The number of benzene rings is 1. The second-order valence-electron chi connectivity index (χ2n) is 5.57. The number of anilines is 2. The van der Waals surface area contributed by atoms with Crippen LogP contribution in [0.4, 0.5) is 11.5 Å². The van der Waals surface area contributed by atoms with Gasteiger partial charge in [0.05, 0.1) is 7.11 Å². The van der Waals surface area contributed by atoms with Crippen molar-refractivity contribution in [2.75, 3.05) is 50.2 Å². The maximum atomic E-state index is 6.09. The fourth-order valence-corrected chi connectivity index (χ4v) is 2.97. The molecule has 0 aliphatic carbocycles. The van der Waals surface area contributed by atoms with E-state index in [-0.39, 0.29) is 0 Å². The van der Waals surface area contributed by atoms with Crippen molar-refractivity contribution in [2.24, 2.45) is 0 Å². The molecule has 0 radical (unpaired) electrons. The van der Waals surface area contributed by atoms with Gasteiger partial charge in [0.1, 0.15) is 12.4 Å². The zero-order valence-corrected chi connectivity index (χ0v) is 14.7. The van der Waals surface area contributed by atoms with Gasteiger partial charge < -0.3 is 19.3 Å². The molecule has 2 aromatic rings. The molecule has 0 saturated carbocycles. The molecule has 1 aliphatic heterocycles. The van der Waals surface area contributed by atoms with Crippen LogP contribution in [-0.4, -0.2) is 50.4 Å². The molecule has 128 valence electrons. The molecule has 0 bridgehead atoms. The van der Waals surface area contributed by atoms with Crippen molar-refractivity contribution in [1.29, 1.82) is 0 Å². The SMILES string of the molecule is COCc1nc(OC)cc(N2CCN(c3cccc(Cl)c3)CC2)n1. The maximum Gasteiger partial charge on any atom is 0.218 e. The van der Waals surface area contributed by atoms with E-state index in [1.54, 1.807) is 14.2 Å². The summed E-state index contributed by atoms with van der Waals surface area (Å²) in [6.07, 6.45) is 0. The van der Waals surface area contributed by atoms with Crippen LogP contribution >= 0.6 is 11.6 Å². The number of halogens is 1. The summed E-state index contributed by atoms with van der Waals surface area (Å²) < 4.78 is 10.4. The van der Waals surface area contributed by atoms with E-state index in [4.69, 9.17) is 21.1 Å². The van der Waals surface area contributed by atoms with E-state index >= 15 is 0 Å². The van der Waals surface area contributed by atoms with Crippen LogP contribution in [0, 0.1) is 0 Å². The van der Waals surface area contributed by atoms with Gasteiger partial charge in [-0.2, -0.15) is 4.98 Å². The second kappa shape index (κ2) is 7.68. The number of ether oxygens (including phenoxy) is 2. The van der Waals surface area contributed by atoms with Gasteiger partial charge >= 0.3 is 0 Å². The van der Waals surface area contributed by atoms with Crippen molar-refractivity contribution in [2.45, 2.75) is 6.61 Å². The molecule has 1 saturated heterocycles. The Balaban J connectivity index is 1.71. The molecule has 0 amide bonds. The van der Waals surface area contributed by atoms with Crippen LogP contribution in [0.25, 0.3) is 0 Å². The number of hydrogen-bond acceptors (Lipinski definition) is 6. The second-order valence-corrected chi connectivity index (χ2v) is 6.01. The van der Waals surface area contributed by atoms with Crippen LogP contribution in [0.3, 0.4) is 0 Å². The van der Waals surface area contributed by atoms with Crippen LogP contribution in [0.1, 0.15) is 5.82 Å². The molecule has 7 heteroatoms. The van der Waals surface area contributed by atoms with Crippen LogP contribution in [0.2, 0.25) is 5.02 Å². The lowest BCUT2D eigenvalue weighted by molar-refractivity contribution is 0.177. The topological polar surface area (TPSA) is 50.7 Å².